The topological polar surface area (TPSA) is 84.9 Å². The van der Waals surface area contributed by atoms with E-state index in [1.807, 2.05) is 24.3 Å². The number of hydrogen-bond donors (Lipinski definition) is 2. The van der Waals surface area contributed by atoms with Gasteiger partial charge in [-0.05, 0) is 50.1 Å². The van der Waals surface area contributed by atoms with E-state index in [1.165, 1.54) is 0 Å². The van der Waals surface area contributed by atoms with Crippen molar-refractivity contribution >= 4 is 29.6 Å². The number of ether oxygens (including phenoxy) is 2. The third-order valence-corrected chi connectivity index (χ3v) is 4.90. The number of carbonyl (C=O) groups is 2. The SMILES string of the molecule is COc1ccc(CC(OC(C)C)C(=O)O)cc1CNC(=O)C(C)=Cc1ccccc1Cl. The van der Waals surface area contributed by atoms with Crippen molar-refractivity contribution in [3.05, 3.63) is 69.8 Å². The Morgan fingerprint density at radius 1 is 1.19 bits per heavy atom. The molecular weight excluding hydrogens is 418 g/mol. The lowest BCUT2D eigenvalue weighted by atomic mass is 10.0. The van der Waals surface area contributed by atoms with Crippen molar-refractivity contribution in [1.29, 1.82) is 0 Å². The minimum absolute atomic E-state index is 0.203. The van der Waals surface area contributed by atoms with Crippen LogP contribution >= 0.6 is 11.6 Å². The summed E-state index contributed by atoms with van der Waals surface area (Å²) >= 11 is 6.15. The third kappa shape index (κ3) is 7.42. The highest BCUT2D eigenvalue weighted by Crippen LogP contribution is 2.22. The number of carbonyl (C=O) groups excluding carboxylic acids is 1. The Morgan fingerprint density at radius 2 is 1.90 bits per heavy atom. The molecule has 1 unspecified atom stereocenters. The van der Waals surface area contributed by atoms with Gasteiger partial charge in [0.15, 0.2) is 6.10 Å². The molecule has 0 aromatic heterocycles. The number of nitrogens with one attached hydrogen (secondary N) is 1. The van der Waals surface area contributed by atoms with Crippen molar-refractivity contribution in [2.75, 3.05) is 7.11 Å². The zero-order valence-corrected chi connectivity index (χ0v) is 18.9. The summed E-state index contributed by atoms with van der Waals surface area (Å²) in [7, 11) is 1.55. The van der Waals surface area contributed by atoms with E-state index in [4.69, 9.17) is 21.1 Å². The molecule has 166 valence electrons. The van der Waals surface area contributed by atoms with Crippen LogP contribution in [0.15, 0.2) is 48.0 Å². The van der Waals surface area contributed by atoms with Crippen LogP contribution in [0.4, 0.5) is 0 Å². The van der Waals surface area contributed by atoms with E-state index in [2.05, 4.69) is 5.32 Å². The number of carboxylic acid groups (broad SMARTS) is 1. The highest BCUT2D eigenvalue weighted by atomic mass is 35.5. The van der Waals surface area contributed by atoms with Crippen LogP contribution in [-0.2, 0) is 27.3 Å². The van der Waals surface area contributed by atoms with E-state index < -0.39 is 12.1 Å². The van der Waals surface area contributed by atoms with Gasteiger partial charge in [0, 0.05) is 29.1 Å². The molecule has 1 amide bonds. The summed E-state index contributed by atoms with van der Waals surface area (Å²) in [4.78, 5) is 24.0. The molecular formula is C24H28ClNO5. The van der Waals surface area contributed by atoms with Crippen LogP contribution in [0.1, 0.15) is 37.5 Å². The van der Waals surface area contributed by atoms with E-state index in [1.54, 1.807) is 52.2 Å². The number of rotatable bonds is 10. The first kappa shape index (κ1) is 24.4. The summed E-state index contributed by atoms with van der Waals surface area (Å²) in [5, 5.41) is 12.8. The second-order valence-electron chi connectivity index (χ2n) is 7.39. The van der Waals surface area contributed by atoms with Crippen LogP contribution in [0.25, 0.3) is 6.08 Å². The summed E-state index contributed by atoms with van der Waals surface area (Å²) < 4.78 is 10.9. The van der Waals surface area contributed by atoms with E-state index in [9.17, 15) is 14.7 Å². The van der Waals surface area contributed by atoms with E-state index in [-0.39, 0.29) is 25.0 Å². The monoisotopic (exact) mass is 445 g/mol. The number of hydrogen-bond acceptors (Lipinski definition) is 4. The van der Waals surface area contributed by atoms with Gasteiger partial charge in [-0.2, -0.15) is 0 Å². The van der Waals surface area contributed by atoms with Gasteiger partial charge < -0.3 is 19.9 Å². The molecule has 2 N–H and O–H groups in total. The fraction of sp³-hybridized carbons (Fsp3) is 0.333. The van der Waals surface area contributed by atoms with Crippen LogP contribution in [0, 0.1) is 0 Å². The molecule has 0 fully saturated rings. The molecule has 0 spiro atoms. The van der Waals surface area contributed by atoms with Crippen molar-refractivity contribution in [2.24, 2.45) is 0 Å². The number of amides is 1. The minimum Gasteiger partial charge on any atom is -0.496 e. The van der Waals surface area contributed by atoms with Crippen molar-refractivity contribution in [3.63, 3.8) is 0 Å². The molecule has 2 rings (SSSR count). The molecule has 31 heavy (non-hydrogen) atoms. The number of benzene rings is 2. The molecule has 0 saturated heterocycles. The number of halogens is 1. The third-order valence-electron chi connectivity index (χ3n) is 4.55. The van der Waals surface area contributed by atoms with E-state index in [0.717, 1.165) is 16.7 Å². The first-order chi connectivity index (χ1) is 14.7. The molecule has 2 aromatic carbocycles. The highest BCUT2D eigenvalue weighted by molar-refractivity contribution is 6.32. The second-order valence-corrected chi connectivity index (χ2v) is 7.80. The standard InChI is InChI=1S/C24H28ClNO5/c1-15(2)31-22(24(28)29)13-17-9-10-21(30-4)19(12-17)14-26-23(27)16(3)11-18-7-5-6-8-20(18)25/h5-12,15,22H,13-14H2,1-4H3,(H,26,27)(H,28,29). The Labute approximate surface area is 187 Å². The summed E-state index contributed by atoms with van der Waals surface area (Å²) in [5.41, 5.74) is 2.80. The van der Waals surface area contributed by atoms with Gasteiger partial charge in [-0.3, -0.25) is 4.79 Å². The lowest BCUT2D eigenvalue weighted by molar-refractivity contribution is -0.153. The van der Waals surface area contributed by atoms with Gasteiger partial charge in [-0.1, -0.05) is 41.9 Å². The van der Waals surface area contributed by atoms with Gasteiger partial charge in [0.2, 0.25) is 5.91 Å². The molecule has 0 aliphatic carbocycles. The summed E-state index contributed by atoms with van der Waals surface area (Å²) in [6.07, 6.45) is 0.790. The highest BCUT2D eigenvalue weighted by Gasteiger charge is 2.21. The maximum absolute atomic E-state index is 12.5. The van der Waals surface area contributed by atoms with Crippen LogP contribution < -0.4 is 10.1 Å². The predicted molar refractivity (Wildman–Crippen MR) is 121 cm³/mol. The molecule has 0 aliphatic heterocycles. The number of methoxy groups -OCH3 is 1. The zero-order chi connectivity index (χ0) is 23.0. The van der Waals surface area contributed by atoms with E-state index >= 15 is 0 Å². The minimum atomic E-state index is -1.01. The fourth-order valence-electron chi connectivity index (χ4n) is 3.04. The van der Waals surface area contributed by atoms with Crippen molar-refractivity contribution in [2.45, 2.75) is 45.9 Å². The van der Waals surface area contributed by atoms with Crippen LogP contribution in [-0.4, -0.2) is 36.3 Å². The Morgan fingerprint density at radius 3 is 2.52 bits per heavy atom. The molecule has 0 radical (unpaired) electrons. The van der Waals surface area contributed by atoms with Gasteiger partial charge in [0.1, 0.15) is 5.75 Å². The summed E-state index contributed by atoms with van der Waals surface area (Å²) in [6, 6.07) is 12.7. The number of carboxylic acids is 1. The average molecular weight is 446 g/mol. The lowest BCUT2D eigenvalue weighted by Gasteiger charge is -2.18. The second kappa shape index (κ2) is 11.5. The Bertz CT molecular complexity index is 955. The van der Waals surface area contributed by atoms with Gasteiger partial charge in [0.05, 0.1) is 13.2 Å². The van der Waals surface area contributed by atoms with Crippen LogP contribution in [0.5, 0.6) is 5.75 Å². The summed E-state index contributed by atoms with van der Waals surface area (Å²) in [5.74, 6) is -0.646. The molecule has 7 heteroatoms. The zero-order valence-electron chi connectivity index (χ0n) is 18.1. The van der Waals surface area contributed by atoms with Crippen LogP contribution in [0.2, 0.25) is 5.02 Å². The van der Waals surface area contributed by atoms with Crippen molar-refractivity contribution in [3.8, 4) is 5.75 Å². The fourth-order valence-corrected chi connectivity index (χ4v) is 3.23. The normalized spacial score (nSPS) is 12.5. The molecule has 0 heterocycles. The molecule has 0 saturated carbocycles. The maximum Gasteiger partial charge on any atom is 0.333 e. The average Bonchev–Trinajstić information content (AvgIpc) is 2.72. The first-order valence-electron chi connectivity index (χ1n) is 9.96. The summed E-state index contributed by atoms with van der Waals surface area (Å²) in [6.45, 7) is 5.53. The quantitative estimate of drug-likeness (QED) is 0.526. The van der Waals surface area contributed by atoms with Crippen LogP contribution in [0.3, 0.4) is 0 Å². The van der Waals surface area contributed by atoms with Gasteiger partial charge in [-0.15, -0.1) is 0 Å². The lowest BCUT2D eigenvalue weighted by Crippen LogP contribution is -2.29. The van der Waals surface area contributed by atoms with Gasteiger partial charge in [0.25, 0.3) is 0 Å². The van der Waals surface area contributed by atoms with Crippen molar-refractivity contribution < 1.29 is 24.2 Å². The van der Waals surface area contributed by atoms with Gasteiger partial charge in [-0.25, -0.2) is 4.79 Å². The molecule has 6 nitrogen and oxygen atoms in total. The number of aliphatic carboxylic acids is 1. The molecule has 0 bridgehead atoms. The first-order valence-corrected chi connectivity index (χ1v) is 10.3. The van der Waals surface area contributed by atoms with Crippen molar-refractivity contribution in [1.82, 2.24) is 5.32 Å². The van der Waals surface area contributed by atoms with E-state index in [0.29, 0.717) is 16.3 Å². The Hall–Kier alpha value is -2.83. The molecule has 2 aromatic rings. The largest absolute Gasteiger partial charge is 0.496 e. The Balaban J connectivity index is 2.13. The smallest absolute Gasteiger partial charge is 0.333 e. The Kier molecular flexibility index (Phi) is 9.09. The predicted octanol–water partition coefficient (Wildman–Crippen LogP) is 4.49. The maximum atomic E-state index is 12.5. The van der Waals surface area contributed by atoms with Gasteiger partial charge >= 0.3 is 5.97 Å². The molecule has 0 aliphatic rings. The molecule has 1 atom stereocenters.